The second-order valence-corrected chi connectivity index (χ2v) is 12.1. The number of piperidine rings is 1. The lowest BCUT2D eigenvalue weighted by Crippen LogP contribution is -2.56. The predicted octanol–water partition coefficient (Wildman–Crippen LogP) is 6.17. The first-order valence-electron chi connectivity index (χ1n) is 13.0. The highest BCUT2D eigenvalue weighted by molar-refractivity contribution is 7.80. The molecule has 1 aromatic heterocycles. The number of aromatic carboxylic acids is 1. The molecule has 7 nitrogen and oxygen atoms in total. The molecule has 38 heavy (non-hydrogen) atoms. The van der Waals surface area contributed by atoms with Crippen molar-refractivity contribution < 1.29 is 23.5 Å². The van der Waals surface area contributed by atoms with E-state index in [0.29, 0.717) is 17.8 Å². The molecule has 0 bridgehead atoms. The summed E-state index contributed by atoms with van der Waals surface area (Å²) in [6, 6.07) is 17.8. The second kappa shape index (κ2) is 11.4. The molecule has 1 saturated heterocycles. The molecule has 9 heteroatoms. The zero-order chi connectivity index (χ0) is 26.8. The summed E-state index contributed by atoms with van der Waals surface area (Å²) in [5.74, 6) is -1.12. The average Bonchev–Trinajstić information content (AvgIpc) is 3.36. The number of aryl methyl sites for hydroxylation is 1. The Hall–Kier alpha value is -3.01. The van der Waals surface area contributed by atoms with Gasteiger partial charge in [0.25, 0.3) is 0 Å². The fraction of sp³-hybridized carbons (Fsp3) is 0.379. The van der Waals surface area contributed by atoms with Crippen LogP contribution in [0.3, 0.4) is 0 Å². The van der Waals surface area contributed by atoms with Crippen molar-refractivity contribution in [3.63, 3.8) is 0 Å². The Labute approximate surface area is 229 Å². The zero-order valence-corrected chi connectivity index (χ0v) is 22.9. The van der Waals surface area contributed by atoms with E-state index in [2.05, 4.69) is 0 Å². The molecule has 1 aliphatic heterocycles. The number of thiophene rings is 1. The molecule has 1 N–H and O–H groups in total. The molecular formula is C29H31N2O5S2-. The van der Waals surface area contributed by atoms with Gasteiger partial charge in [-0.25, -0.2) is 4.79 Å². The number of hydrogen-bond acceptors (Lipinski definition) is 5. The lowest BCUT2D eigenvalue weighted by atomic mass is 9.78. The molecule has 1 amide bonds. The average molecular weight is 552 g/mol. The number of carbonyl (C=O) groups is 2. The largest absolute Gasteiger partial charge is 0.755 e. The highest BCUT2D eigenvalue weighted by atomic mass is 32.2. The highest BCUT2D eigenvalue weighted by Crippen LogP contribution is 2.44. The molecule has 2 aromatic carbocycles. The SMILES string of the molecule is Cc1ccc(N([C@H]2CC(=O)N(c3cc(-c4ccccc4)sc3C(=O)O)[C@H](C3CCCCC3)C2)S(=O)[O-])cc1. The van der Waals surface area contributed by atoms with Crippen molar-refractivity contribution in [2.24, 2.45) is 5.92 Å². The fourth-order valence-corrected chi connectivity index (χ4v) is 7.63. The predicted molar refractivity (Wildman–Crippen MR) is 150 cm³/mol. The summed E-state index contributed by atoms with van der Waals surface area (Å²) in [6.45, 7) is 1.94. The van der Waals surface area contributed by atoms with Crippen molar-refractivity contribution in [3.05, 3.63) is 71.1 Å². The number of amides is 1. The monoisotopic (exact) mass is 551 g/mol. The molecule has 3 atom stereocenters. The standard InChI is InChI=1S/C29H32N2O5S2/c1-19-12-14-22(15-13-19)31(38(35)36)23-16-24(20-8-4-2-5-9-20)30(27(32)17-23)25-18-26(37-28(25)29(33)34)21-10-6-3-7-11-21/h3,6-7,10-15,18,20,23-24H,2,4-5,8-9,16-17H2,1H3,(H,33,34)(H,35,36)/p-1/t23-,24+/m1/s1. The van der Waals surface area contributed by atoms with Crippen molar-refractivity contribution in [2.45, 2.75) is 64.0 Å². The first kappa shape index (κ1) is 26.6. The Balaban J connectivity index is 1.55. The van der Waals surface area contributed by atoms with Crippen molar-refractivity contribution in [3.8, 4) is 10.4 Å². The maximum Gasteiger partial charge on any atom is 0.348 e. The summed E-state index contributed by atoms with van der Waals surface area (Å²) >= 11 is -1.39. The molecule has 3 aromatic rings. The minimum Gasteiger partial charge on any atom is -0.755 e. The van der Waals surface area contributed by atoms with Gasteiger partial charge in [-0.2, -0.15) is 0 Å². The number of nitrogens with zero attached hydrogens (tertiary/aromatic N) is 2. The van der Waals surface area contributed by atoms with Gasteiger partial charge >= 0.3 is 5.97 Å². The Morgan fingerprint density at radius 1 is 1.08 bits per heavy atom. The van der Waals surface area contributed by atoms with Crippen LogP contribution in [0, 0.1) is 12.8 Å². The van der Waals surface area contributed by atoms with E-state index in [0.717, 1.165) is 48.1 Å². The van der Waals surface area contributed by atoms with E-state index in [9.17, 15) is 23.5 Å². The van der Waals surface area contributed by atoms with E-state index in [4.69, 9.17) is 0 Å². The van der Waals surface area contributed by atoms with Gasteiger partial charge in [-0.05, 0) is 55.9 Å². The smallest absolute Gasteiger partial charge is 0.348 e. The quantitative estimate of drug-likeness (QED) is 0.354. The molecule has 2 fully saturated rings. The van der Waals surface area contributed by atoms with Gasteiger partial charge in [-0.15, -0.1) is 11.3 Å². The first-order valence-corrected chi connectivity index (χ1v) is 14.9. The molecule has 0 radical (unpaired) electrons. The minimum atomic E-state index is -2.56. The highest BCUT2D eigenvalue weighted by Gasteiger charge is 2.43. The van der Waals surface area contributed by atoms with E-state index in [-0.39, 0.29) is 29.2 Å². The Bertz CT molecular complexity index is 1320. The van der Waals surface area contributed by atoms with Crippen molar-refractivity contribution >= 4 is 45.9 Å². The summed E-state index contributed by atoms with van der Waals surface area (Å²) in [6.07, 6.45) is 5.54. The van der Waals surface area contributed by atoms with E-state index in [1.165, 1.54) is 15.6 Å². The molecule has 5 rings (SSSR count). The van der Waals surface area contributed by atoms with Crippen molar-refractivity contribution in [2.75, 3.05) is 9.21 Å². The van der Waals surface area contributed by atoms with Crippen LogP contribution in [0.25, 0.3) is 10.4 Å². The summed E-state index contributed by atoms with van der Waals surface area (Å²) in [5.41, 5.74) is 2.87. The number of rotatable bonds is 7. The Morgan fingerprint density at radius 3 is 2.39 bits per heavy atom. The van der Waals surface area contributed by atoms with Crippen LogP contribution < -0.4 is 9.21 Å². The minimum absolute atomic E-state index is 0.0132. The van der Waals surface area contributed by atoms with Gasteiger partial charge in [0.1, 0.15) is 4.88 Å². The molecule has 1 saturated carbocycles. The zero-order valence-electron chi connectivity index (χ0n) is 21.2. The van der Waals surface area contributed by atoms with Crippen LogP contribution in [-0.4, -0.2) is 37.8 Å². The number of hydrogen-bond donors (Lipinski definition) is 1. The van der Waals surface area contributed by atoms with Gasteiger partial charge in [0.2, 0.25) is 5.91 Å². The third-order valence-corrected chi connectivity index (χ3v) is 9.71. The lowest BCUT2D eigenvalue weighted by molar-refractivity contribution is -0.121. The summed E-state index contributed by atoms with van der Waals surface area (Å²) < 4.78 is 26.2. The van der Waals surface area contributed by atoms with E-state index in [1.807, 2.05) is 55.5 Å². The van der Waals surface area contributed by atoms with Gasteiger partial charge in [0, 0.05) is 34.3 Å². The third-order valence-electron chi connectivity index (χ3n) is 7.72. The molecule has 2 heterocycles. The third kappa shape index (κ3) is 5.41. The van der Waals surface area contributed by atoms with E-state index >= 15 is 0 Å². The van der Waals surface area contributed by atoms with Gasteiger partial charge < -0.3 is 14.6 Å². The number of carboxylic acid groups (broad SMARTS) is 1. The first-order chi connectivity index (χ1) is 18.3. The second-order valence-electron chi connectivity index (χ2n) is 10.2. The van der Waals surface area contributed by atoms with Crippen molar-refractivity contribution in [1.29, 1.82) is 0 Å². The topological polar surface area (TPSA) is 101 Å². The Kier molecular flexibility index (Phi) is 7.97. The van der Waals surface area contributed by atoms with Crippen LogP contribution in [0.15, 0.2) is 60.7 Å². The molecular weight excluding hydrogens is 520 g/mol. The maximum absolute atomic E-state index is 13.9. The van der Waals surface area contributed by atoms with Crippen LogP contribution in [0.1, 0.15) is 60.2 Å². The summed E-state index contributed by atoms with van der Waals surface area (Å²) in [4.78, 5) is 28.9. The molecule has 0 spiro atoms. The van der Waals surface area contributed by atoms with Gasteiger partial charge in [0.15, 0.2) is 0 Å². The van der Waals surface area contributed by atoms with Crippen LogP contribution in [0.2, 0.25) is 0 Å². The van der Waals surface area contributed by atoms with E-state index in [1.54, 1.807) is 17.0 Å². The fourth-order valence-electron chi connectivity index (χ4n) is 5.93. The van der Waals surface area contributed by atoms with E-state index < -0.39 is 23.3 Å². The number of carboxylic acids is 1. The molecule has 200 valence electrons. The summed E-state index contributed by atoms with van der Waals surface area (Å²) in [7, 11) is 0. The van der Waals surface area contributed by atoms with Crippen LogP contribution in [0.4, 0.5) is 11.4 Å². The summed E-state index contributed by atoms with van der Waals surface area (Å²) in [5, 5.41) is 10.1. The normalized spacial score (nSPS) is 21.3. The molecule has 1 aliphatic carbocycles. The van der Waals surface area contributed by atoms with Gasteiger partial charge in [-0.3, -0.25) is 13.3 Å². The van der Waals surface area contributed by atoms with Gasteiger partial charge in [-0.1, -0.05) is 67.3 Å². The number of anilines is 2. The maximum atomic E-state index is 13.9. The lowest BCUT2D eigenvalue weighted by Gasteiger charge is -2.47. The van der Waals surface area contributed by atoms with Crippen LogP contribution >= 0.6 is 11.3 Å². The number of carbonyl (C=O) groups excluding carboxylic acids is 1. The molecule has 2 aliphatic rings. The van der Waals surface area contributed by atoms with Crippen molar-refractivity contribution in [1.82, 2.24) is 0 Å². The van der Waals surface area contributed by atoms with Crippen LogP contribution in [-0.2, 0) is 16.1 Å². The Morgan fingerprint density at radius 2 is 1.76 bits per heavy atom. The number of benzene rings is 2. The van der Waals surface area contributed by atoms with Gasteiger partial charge in [0.05, 0.1) is 11.7 Å². The van der Waals surface area contributed by atoms with Crippen LogP contribution in [0.5, 0.6) is 0 Å². The molecule has 1 unspecified atom stereocenters.